The Labute approximate surface area is 138 Å². The van der Waals surface area contributed by atoms with E-state index in [0.29, 0.717) is 13.0 Å². The third-order valence-corrected chi connectivity index (χ3v) is 4.30. The second-order valence-corrected chi connectivity index (χ2v) is 6.09. The van der Waals surface area contributed by atoms with Gasteiger partial charge in [0.1, 0.15) is 0 Å². The molecule has 1 aromatic rings. The molecule has 1 N–H and O–H groups in total. The molecule has 1 saturated heterocycles. The quantitative estimate of drug-likeness (QED) is 0.908. The summed E-state index contributed by atoms with van der Waals surface area (Å²) in [4.78, 5) is 28.1. The van der Waals surface area contributed by atoms with Crippen LogP contribution in [0.4, 0.5) is 11.4 Å². The molecule has 0 unspecified atom stereocenters. The Morgan fingerprint density at radius 3 is 2.83 bits per heavy atom. The van der Waals surface area contributed by atoms with Crippen molar-refractivity contribution in [2.24, 2.45) is 0 Å². The van der Waals surface area contributed by atoms with Crippen LogP contribution in [0.25, 0.3) is 0 Å². The highest BCUT2D eigenvalue weighted by atomic mass is 16.2. The van der Waals surface area contributed by atoms with Crippen LogP contribution in [0.1, 0.15) is 39.0 Å². The highest BCUT2D eigenvalue weighted by molar-refractivity contribution is 5.94. The molecule has 126 valence electrons. The monoisotopic (exact) mass is 317 g/mol. The van der Waals surface area contributed by atoms with E-state index in [-0.39, 0.29) is 18.4 Å². The maximum Gasteiger partial charge on any atom is 0.243 e. The Hall–Kier alpha value is -2.04. The van der Waals surface area contributed by atoms with Crippen molar-refractivity contribution in [3.8, 4) is 0 Å². The first kappa shape index (κ1) is 17.3. The zero-order valence-corrected chi connectivity index (χ0v) is 14.2. The maximum atomic E-state index is 12.3. The molecular formula is C18H27N3O2. The molecule has 1 aliphatic rings. The van der Waals surface area contributed by atoms with Gasteiger partial charge in [0, 0.05) is 37.9 Å². The number of hydrogen-bond donors (Lipinski definition) is 1. The summed E-state index contributed by atoms with van der Waals surface area (Å²) >= 11 is 0. The van der Waals surface area contributed by atoms with Crippen molar-refractivity contribution < 1.29 is 9.59 Å². The molecule has 2 rings (SSSR count). The second-order valence-electron chi connectivity index (χ2n) is 6.09. The summed E-state index contributed by atoms with van der Waals surface area (Å²) in [5.74, 6) is -0.0328. The van der Waals surface area contributed by atoms with E-state index in [4.69, 9.17) is 0 Å². The predicted molar refractivity (Wildman–Crippen MR) is 93.7 cm³/mol. The van der Waals surface area contributed by atoms with E-state index < -0.39 is 0 Å². The molecule has 2 amide bonds. The van der Waals surface area contributed by atoms with Crippen LogP contribution in [-0.2, 0) is 9.59 Å². The van der Waals surface area contributed by atoms with Crippen molar-refractivity contribution in [3.05, 3.63) is 24.3 Å². The molecule has 0 bridgehead atoms. The summed E-state index contributed by atoms with van der Waals surface area (Å²) < 4.78 is 0. The first-order chi connectivity index (χ1) is 11.1. The fraction of sp³-hybridized carbons (Fsp3) is 0.556. The number of amides is 2. The Morgan fingerprint density at radius 2 is 2.04 bits per heavy atom. The van der Waals surface area contributed by atoms with E-state index in [2.05, 4.69) is 17.1 Å². The average Bonchev–Trinajstić information content (AvgIpc) is 2.54. The third kappa shape index (κ3) is 5.27. The van der Waals surface area contributed by atoms with Crippen LogP contribution < -0.4 is 10.2 Å². The Bertz CT molecular complexity index is 545. The van der Waals surface area contributed by atoms with Gasteiger partial charge in [-0.1, -0.05) is 18.9 Å². The number of likely N-dealkylation sites (tertiary alicyclic amines) is 1. The number of rotatable bonds is 5. The lowest BCUT2D eigenvalue weighted by molar-refractivity contribution is -0.135. The molecule has 5 heteroatoms. The highest BCUT2D eigenvalue weighted by Gasteiger charge is 2.18. The minimum absolute atomic E-state index is 0.0966. The highest BCUT2D eigenvalue weighted by Crippen LogP contribution is 2.18. The average molecular weight is 317 g/mol. The Kier molecular flexibility index (Phi) is 6.44. The van der Waals surface area contributed by atoms with Crippen molar-refractivity contribution in [1.82, 2.24) is 4.90 Å². The molecule has 0 aliphatic carbocycles. The molecule has 1 aliphatic heterocycles. The lowest BCUT2D eigenvalue weighted by Gasteiger charge is -2.24. The SMILES string of the molecule is CCN(C)c1cccc(NC(=O)CN2CCCCCCC2=O)c1. The molecule has 1 heterocycles. The van der Waals surface area contributed by atoms with Crippen LogP contribution in [0.15, 0.2) is 24.3 Å². The molecule has 0 radical (unpaired) electrons. The summed E-state index contributed by atoms with van der Waals surface area (Å²) in [5, 5.41) is 2.91. The van der Waals surface area contributed by atoms with Crippen molar-refractivity contribution in [3.63, 3.8) is 0 Å². The topological polar surface area (TPSA) is 52.7 Å². The van der Waals surface area contributed by atoms with Gasteiger partial charge in [0.25, 0.3) is 0 Å². The number of anilines is 2. The van der Waals surface area contributed by atoms with Crippen LogP contribution in [0.5, 0.6) is 0 Å². The first-order valence-corrected chi connectivity index (χ1v) is 8.49. The zero-order valence-electron chi connectivity index (χ0n) is 14.2. The lowest BCUT2D eigenvalue weighted by Crippen LogP contribution is -2.39. The minimum Gasteiger partial charge on any atom is -0.375 e. The fourth-order valence-corrected chi connectivity index (χ4v) is 2.76. The van der Waals surface area contributed by atoms with E-state index in [1.165, 1.54) is 0 Å². The normalized spacial score (nSPS) is 15.7. The number of hydrogen-bond acceptors (Lipinski definition) is 3. The van der Waals surface area contributed by atoms with E-state index >= 15 is 0 Å². The summed E-state index contributed by atoms with van der Waals surface area (Å²) in [5.41, 5.74) is 1.83. The van der Waals surface area contributed by atoms with Crippen LogP contribution in [0.3, 0.4) is 0 Å². The Morgan fingerprint density at radius 1 is 1.26 bits per heavy atom. The number of benzene rings is 1. The molecule has 5 nitrogen and oxygen atoms in total. The minimum atomic E-state index is -0.129. The summed E-state index contributed by atoms with van der Waals surface area (Å²) in [7, 11) is 2.01. The van der Waals surface area contributed by atoms with Crippen LogP contribution in [0, 0.1) is 0 Å². The molecule has 0 saturated carbocycles. The van der Waals surface area contributed by atoms with Crippen molar-refractivity contribution in [2.75, 3.05) is 36.9 Å². The maximum absolute atomic E-state index is 12.3. The van der Waals surface area contributed by atoms with E-state index in [1.807, 2.05) is 31.3 Å². The van der Waals surface area contributed by atoms with Crippen LogP contribution in [-0.4, -0.2) is 43.4 Å². The molecule has 23 heavy (non-hydrogen) atoms. The van der Waals surface area contributed by atoms with Gasteiger partial charge in [0.2, 0.25) is 11.8 Å². The largest absolute Gasteiger partial charge is 0.375 e. The Balaban J connectivity index is 1.94. The van der Waals surface area contributed by atoms with Gasteiger partial charge >= 0.3 is 0 Å². The van der Waals surface area contributed by atoms with Crippen molar-refractivity contribution in [1.29, 1.82) is 0 Å². The number of carbonyl (C=O) groups excluding carboxylic acids is 2. The molecule has 0 atom stereocenters. The molecule has 1 aromatic carbocycles. The summed E-state index contributed by atoms with van der Waals surface area (Å²) in [6, 6.07) is 7.77. The van der Waals surface area contributed by atoms with E-state index in [9.17, 15) is 9.59 Å². The first-order valence-electron chi connectivity index (χ1n) is 8.49. The van der Waals surface area contributed by atoms with Gasteiger partial charge in [-0.15, -0.1) is 0 Å². The lowest BCUT2D eigenvalue weighted by atomic mass is 10.1. The fourth-order valence-electron chi connectivity index (χ4n) is 2.76. The summed E-state index contributed by atoms with van der Waals surface area (Å²) in [6.45, 7) is 3.82. The smallest absolute Gasteiger partial charge is 0.243 e. The van der Waals surface area contributed by atoms with Gasteiger partial charge in [-0.3, -0.25) is 9.59 Å². The molecule has 0 spiro atoms. The number of nitrogens with zero attached hydrogens (tertiary/aromatic N) is 2. The molecule has 0 aromatic heterocycles. The van der Waals surface area contributed by atoms with E-state index in [1.54, 1.807) is 4.90 Å². The van der Waals surface area contributed by atoms with Gasteiger partial charge in [-0.2, -0.15) is 0 Å². The zero-order chi connectivity index (χ0) is 16.7. The standard InChI is InChI=1S/C18H27N3O2/c1-3-20(2)16-10-8-9-15(13-16)19-17(22)14-21-12-7-5-4-6-11-18(21)23/h8-10,13H,3-7,11-12,14H2,1-2H3,(H,19,22). The summed E-state index contributed by atoms with van der Waals surface area (Å²) in [6.07, 6.45) is 4.72. The van der Waals surface area contributed by atoms with Gasteiger partial charge in [0.15, 0.2) is 0 Å². The molecule has 1 fully saturated rings. The number of nitrogens with one attached hydrogen (secondary N) is 1. The number of carbonyl (C=O) groups is 2. The van der Waals surface area contributed by atoms with Gasteiger partial charge in [-0.05, 0) is 38.0 Å². The predicted octanol–water partition coefficient (Wildman–Crippen LogP) is 2.87. The van der Waals surface area contributed by atoms with E-state index in [0.717, 1.165) is 43.6 Å². The second kappa shape index (κ2) is 8.56. The van der Waals surface area contributed by atoms with Gasteiger partial charge in [0.05, 0.1) is 6.54 Å². The molecular weight excluding hydrogens is 290 g/mol. The van der Waals surface area contributed by atoms with Gasteiger partial charge < -0.3 is 15.1 Å². The van der Waals surface area contributed by atoms with Gasteiger partial charge in [-0.25, -0.2) is 0 Å². The van der Waals surface area contributed by atoms with Crippen LogP contribution in [0.2, 0.25) is 0 Å². The van der Waals surface area contributed by atoms with Crippen LogP contribution >= 0.6 is 0 Å². The van der Waals surface area contributed by atoms with Crippen molar-refractivity contribution >= 4 is 23.2 Å². The van der Waals surface area contributed by atoms with Crippen molar-refractivity contribution in [2.45, 2.75) is 39.0 Å². The third-order valence-electron chi connectivity index (χ3n) is 4.30.